The van der Waals surface area contributed by atoms with Gasteiger partial charge >= 0.3 is 19.2 Å². The monoisotopic (exact) mass is 406 g/mol. The van der Waals surface area contributed by atoms with Crippen LogP contribution in [0.4, 0.5) is 9.59 Å². The van der Waals surface area contributed by atoms with Gasteiger partial charge in [0.25, 0.3) is 0 Å². The summed E-state index contributed by atoms with van der Waals surface area (Å²) in [6, 6.07) is -0.239. The maximum absolute atomic E-state index is 12.8. The van der Waals surface area contributed by atoms with E-state index in [2.05, 4.69) is 5.10 Å². The van der Waals surface area contributed by atoms with Gasteiger partial charge in [-0.3, -0.25) is 0 Å². The Labute approximate surface area is 172 Å². The number of rotatable bonds is 1. The van der Waals surface area contributed by atoms with Crippen molar-refractivity contribution in [2.75, 3.05) is 26.2 Å². The zero-order valence-corrected chi connectivity index (χ0v) is 18.4. The van der Waals surface area contributed by atoms with E-state index in [0.29, 0.717) is 31.6 Å². The van der Waals surface area contributed by atoms with Gasteiger partial charge in [-0.25, -0.2) is 9.59 Å². The number of amides is 2. The molecule has 2 aliphatic heterocycles. The fourth-order valence-electron chi connectivity index (χ4n) is 3.09. The first kappa shape index (κ1) is 21.6. The molecular formula is C19H31BN4O5. The van der Waals surface area contributed by atoms with Crippen molar-refractivity contribution in [3.05, 3.63) is 12.4 Å². The second-order valence-corrected chi connectivity index (χ2v) is 9.54. The Balaban J connectivity index is 1.58. The molecule has 3 heterocycles. The molecule has 0 saturated carbocycles. The molecule has 9 nitrogen and oxygen atoms in total. The highest BCUT2D eigenvalue weighted by Gasteiger charge is 2.52. The number of ether oxygens (including phenoxy) is 1. The van der Waals surface area contributed by atoms with E-state index in [1.807, 2.05) is 48.5 Å². The molecule has 29 heavy (non-hydrogen) atoms. The molecule has 10 heteroatoms. The van der Waals surface area contributed by atoms with Crippen LogP contribution in [0.2, 0.25) is 0 Å². The van der Waals surface area contributed by atoms with Gasteiger partial charge in [0.2, 0.25) is 0 Å². The lowest BCUT2D eigenvalue weighted by Gasteiger charge is -2.35. The van der Waals surface area contributed by atoms with Crippen LogP contribution in [0.25, 0.3) is 0 Å². The van der Waals surface area contributed by atoms with Gasteiger partial charge < -0.3 is 23.8 Å². The molecule has 2 saturated heterocycles. The summed E-state index contributed by atoms with van der Waals surface area (Å²) >= 11 is 0. The van der Waals surface area contributed by atoms with Crippen molar-refractivity contribution in [3.63, 3.8) is 0 Å². The number of nitrogens with zero attached hydrogens (tertiary/aromatic N) is 4. The van der Waals surface area contributed by atoms with Gasteiger partial charge in [0, 0.05) is 44.0 Å². The van der Waals surface area contributed by atoms with Crippen molar-refractivity contribution < 1.29 is 23.6 Å². The summed E-state index contributed by atoms with van der Waals surface area (Å²) in [5.41, 5.74) is -0.753. The summed E-state index contributed by atoms with van der Waals surface area (Å²) in [5, 5.41) is 4.19. The van der Waals surface area contributed by atoms with Crippen LogP contribution < -0.4 is 5.46 Å². The van der Waals surface area contributed by atoms with Crippen LogP contribution in [0.3, 0.4) is 0 Å². The van der Waals surface area contributed by atoms with Crippen LogP contribution in [-0.4, -0.2) is 81.8 Å². The first-order chi connectivity index (χ1) is 13.3. The Bertz CT molecular complexity index is 762. The predicted molar refractivity (Wildman–Crippen MR) is 108 cm³/mol. The molecule has 0 spiro atoms. The van der Waals surface area contributed by atoms with Crippen molar-refractivity contribution in [2.24, 2.45) is 0 Å². The van der Waals surface area contributed by atoms with E-state index in [1.165, 1.54) is 4.68 Å². The minimum atomic E-state index is -0.564. The Morgan fingerprint density at radius 2 is 1.55 bits per heavy atom. The summed E-state index contributed by atoms with van der Waals surface area (Å²) in [7, 11) is -0.564. The molecule has 0 radical (unpaired) electrons. The zero-order valence-electron chi connectivity index (χ0n) is 18.4. The van der Waals surface area contributed by atoms with E-state index in [9.17, 15) is 9.59 Å². The first-order valence-corrected chi connectivity index (χ1v) is 9.96. The molecule has 2 fully saturated rings. The van der Waals surface area contributed by atoms with Crippen LogP contribution >= 0.6 is 0 Å². The Morgan fingerprint density at radius 1 is 1.03 bits per heavy atom. The van der Waals surface area contributed by atoms with Gasteiger partial charge in [0.1, 0.15) is 5.60 Å². The SMILES string of the molecule is CC(C)(C)OC(=O)N1CCN(C(=O)n2cc(B3OC(C)(C)C(C)(C)O3)cn2)CC1. The Hall–Kier alpha value is -2.07. The second-order valence-electron chi connectivity index (χ2n) is 9.54. The van der Waals surface area contributed by atoms with Crippen LogP contribution in [0.5, 0.6) is 0 Å². The lowest BCUT2D eigenvalue weighted by Crippen LogP contribution is -2.52. The number of hydrogen-bond donors (Lipinski definition) is 0. The Kier molecular flexibility index (Phi) is 5.46. The van der Waals surface area contributed by atoms with Crippen molar-refractivity contribution in [1.29, 1.82) is 0 Å². The quantitative estimate of drug-likeness (QED) is 0.660. The molecule has 0 bridgehead atoms. The fraction of sp³-hybridized carbons (Fsp3) is 0.737. The van der Waals surface area contributed by atoms with Gasteiger partial charge in [-0.05, 0) is 48.5 Å². The largest absolute Gasteiger partial charge is 0.498 e. The highest BCUT2D eigenvalue weighted by Crippen LogP contribution is 2.36. The standard InChI is InChI=1S/C19H31BN4O5/c1-17(2,3)27-16(26)23-10-8-22(9-11-23)15(25)24-13-14(12-21-24)20-28-18(4,5)19(6,7)29-20/h12-13H,8-11H2,1-7H3. The smallest absolute Gasteiger partial charge is 0.444 e. The molecular weight excluding hydrogens is 375 g/mol. The van der Waals surface area contributed by atoms with Crippen LogP contribution in [0.1, 0.15) is 48.5 Å². The number of carbonyl (C=O) groups is 2. The third-order valence-electron chi connectivity index (χ3n) is 5.53. The topological polar surface area (TPSA) is 86.1 Å². The van der Waals surface area contributed by atoms with E-state index >= 15 is 0 Å². The Morgan fingerprint density at radius 3 is 2.07 bits per heavy atom. The number of hydrogen-bond acceptors (Lipinski definition) is 6. The molecule has 0 aliphatic carbocycles. The molecule has 2 aliphatic rings. The summed E-state index contributed by atoms with van der Waals surface area (Å²) in [6.07, 6.45) is 2.88. The van der Waals surface area contributed by atoms with Crippen LogP contribution in [-0.2, 0) is 14.0 Å². The molecule has 1 aromatic heterocycles. The highest BCUT2D eigenvalue weighted by molar-refractivity contribution is 6.62. The van der Waals surface area contributed by atoms with E-state index in [-0.39, 0.29) is 12.1 Å². The number of aromatic nitrogens is 2. The first-order valence-electron chi connectivity index (χ1n) is 9.96. The third kappa shape index (κ3) is 4.58. The van der Waals surface area contributed by atoms with Crippen LogP contribution in [0, 0.1) is 0 Å². The van der Waals surface area contributed by atoms with Gasteiger partial charge in [-0.1, -0.05) is 0 Å². The molecule has 0 atom stereocenters. The van der Waals surface area contributed by atoms with E-state index in [1.54, 1.807) is 22.2 Å². The maximum atomic E-state index is 12.8. The van der Waals surface area contributed by atoms with E-state index in [0.717, 1.165) is 0 Å². The average Bonchev–Trinajstić information content (AvgIpc) is 3.16. The van der Waals surface area contributed by atoms with Crippen LogP contribution in [0.15, 0.2) is 12.4 Å². The van der Waals surface area contributed by atoms with E-state index < -0.39 is 23.9 Å². The number of carbonyl (C=O) groups excluding carboxylic acids is 2. The van der Waals surface area contributed by atoms with Crippen molar-refractivity contribution >= 4 is 24.7 Å². The molecule has 1 aromatic rings. The lowest BCUT2D eigenvalue weighted by atomic mass is 9.82. The highest BCUT2D eigenvalue weighted by atomic mass is 16.7. The average molecular weight is 406 g/mol. The van der Waals surface area contributed by atoms with Crippen molar-refractivity contribution in [2.45, 2.75) is 65.3 Å². The summed E-state index contributed by atoms with van der Waals surface area (Å²) in [4.78, 5) is 28.3. The van der Waals surface area contributed by atoms with E-state index in [4.69, 9.17) is 14.0 Å². The van der Waals surface area contributed by atoms with Gasteiger partial charge in [0.15, 0.2) is 0 Å². The molecule has 160 valence electrons. The summed E-state index contributed by atoms with van der Waals surface area (Å²) in [6.45, 7) is 15.1. The van der Waals surface area contributed by atoms with Gasteiger partial charge in [-0.15, -0.1) is 0 Å². The maximum Gasteiger partial charge on any atom is 0.498 e. The predicted octanol–water partition coefficient (Wildman–Crippen LogP) is 1.70. The third-order valence-corrected chi connectivity index (χ3v) is 5.53. The summed E-state index contributed by atoms with van der Waals surface area (Å²) in [5.74, 6) is 0. The van der Waals surface area contributed by atoms with Gasteiger partial charge in [-0.2, -0.15) is 9.78 Å². The summed E-state index contributed by atoms with van der Waals surface area (Å²) < 4.78 is 18.7. The molecule has 0 aromatic carbocycles. The van der Waals surface area contributed by atoms with Crippen molar-refractivity contribution in [3.8, 4) is 0 Å². The minimum absolute atomic E-state index is 0.239. The lowest BCUT2D eigenvalue weighted by molar-refractivity contribution is 0.00578. The molecule has 2 amide bonds. The van der Waals surface area contributed by atoms with Gasteiger partial charge in [0.05, 0.1) is 11.2 Å². The fourth-order valence-corrected chi connectivity index (χ4v) is 3.09. The minimum Gasteiger partial charge on any atom is -0.444 e. The zero-order chi connectivity index (χ0) is 21.6. The molecule has 0 unspecified atom stereocenters. The number of piperazine rings is 1. The van der Waals surface area contributed by atoms with Crippen molar-refractivity contribution in [1.82, 2.24) is 19.6 Å². The molecule has 0 N–H and O–H groups in total. The molecule has 3 rings (SSSR count). The second kappa shape index (κ2) is 7.32. The normalized spacial score (nSPS) is 21.4.